The minimum absolute atomic E-state index is 0.0824. The number of benzene rings is 3. The second-order valence-electron chi connectivity index (χ2n) is 9.02. The van der Waals surface area contributed by atoms with Crippen molar-refractivity contribution in [2.24, 2.45) is 5.84 Å². The second-order valence-corrected chi connectivity index (χ2v) is 9.02. The number of carbonyl (C=O) groups is 2. The van der Waals surface area contributed by atoms with Gasteiger partial charge in [-0.1, -0.05) is 54.6 Å². The fraction of sp³-hybridized carbons (Fsp3) is 0.357. The molecule has 1 heterocycles. The van der Waals surface area contributed by atoms with Gasteiger partial charge in [0, 0.05) is 44.8 Å². The molecule has 4 rings (SSSR count). The Bertz CT molecular complexity index is 1140. The predicted octanol–water partition coefficient (Wildman–Crippen LogP) is 2.92. The summed E-state index contributed by atoms with van der Waals surface area (Å²) in [5.74, 6) is 4.89. The van der Waals surface area contributed by atoms with Gasteiger partial charge in [0.2, 0.25) is 0 Å². The van der Waals surface area contributed by atoms with E-state index in [4.69, 9.17) is 10.6 Å². The normalized spacial score (nSPS) is 13.9. The number of nitrogens with two attached hydrogens (primary N) is 1. The highest BCUT2D eigenvalue weighted by Crippen LogP contribution is 2.18. The van der Waals surface area contributed by atoms with E-state index in [-0.39, 0.29) is 11.9 Å². The minimum Gasteiger partial charge on any atom is -0.379 e. The molecule has 1 aliphatic heterocycles. The fourth-order valence-corrected chi connectivity index (χ4v) is 4.55. The smallest absolute Gasteiger partial charge is 0.317 e. The van der Waals surface area contributed by atoms with Crippen LogP contribution in [0.2, 0.25) is 0 Å². The highest BCUT2D eigenvalue weighted by molar-refractivity contribution is 5.93. The van der Waals surface area contributed by atoms with Gasteiger partial charge in [-0.2, -0.15) is 0 Å². The third-order valence-electron chi connectivity index (χ3n) is 6.56. The predicted molar refractivity (Wildman–Crippen MR) is 141 cm³/mol. The van der Waals surface area contributed by atoms with Crippen LogP contribution in [0, 0.1) is 0 Å². The average molecular weight is 490 g/mol. The second kappa shape index (κ2) is 13.0. The first-order valence-electron chi connectivity index (χ1n) is 12.5. The first-order valence-corrected chi connectivity index (χ1v) is 12.5. The van der Waals surface area contributed by atoms with Crippen molar-refractivity contribution in [3.63, 3.8) is 0 Å². The fourth-order valence-electron chi connectivity index (χ4n) is 4.55. The number of ether oxygens (including phenoxy) is 1. The SMILES string of the molecule is NNC(=O)c1ccc(CN(CCCN2CCOCC2)C(=O)NCCc2cccc3ccccc23)cc1. The number of hydrazine groups is 1. The maximum Gasteiger partial charge on any atom is 0.317 e. The molecule has 0 unspecified atom stereocenters. The first kappa shape index (κ1) is 25.6. The van der Waals surface area contributed by atoms with Crippen LogP contribution < -0.4 is 16.6 Å². The Labute approximate surface area is 212 Å². The summed E-state index contributed by atoms with van der Waals surface area (Å²) in [6, 6.07) is 21.7. The van der Waals surface area contributed by atoms with Crippen molar-refractivity contribution in [2.45, 2.75) is 19.4 Å². The van der Waals surface area contributed by atoms with Crippen molar-refractivity contribution >= 4 is 22.7 Å². The van der Waals surface area contributed by atoms with Crippen LogP contribution in [0.5, 0.6) is 0 Å². The Morgan fingerprint density at radius 2 is 1.72 bits per heavy atom. The van der Waals surface area contributed by atoms with Crippen LogP contribution in [0.1, 0.15) is 27.9 Å². The molecule has 3 aromatic carbocycles. The van der Waals surface area contributed by atoms with Crippen molar-refractivity contribution in [3.8, 4) is 0 Å². The Hall–Kier alpha value is -3.46. The summed E-state index contributed by atoms with van der Waals surface area (Å²) in [6.45, 7) is 5.99. The van der Waals surface area contributed by atoms with E-state index >= 15 is 0 Å². The topological polar surface area (TPSA) is 99.9 Å². The molecule has 1 aliphatic rings. The summed E-state index contributed by atoms with van der Waals surface area (Å²) in [5, 5.41) is 5.54. The zero-order valence-corrected chi connectivity index (χ0v) is 20.6. The zero-order chi connectivity index (χ0) is 25.2. The van der Waals surface area contributed by atoms with Crippen LogP contribution in [0.15, 0.2) is 66.7 Å². The lowest BCUT2D eigenvalue weighted by Gasteiger charge is -2.28. The Kier molecular flexibility index (Phi) is 9.27. The van der Waals surface area contributed by atoms with Crippen LogP contribution in [0.4, 0.5) is 4.79 Å². The van der Waals surface area contributed by atoms with E-state index < -0.39 is 0 Å². The minimum atomic E-state index is -0.338. The van der Waals surface area contributed by atoms with E-state index in [9.17, 15) is 9.59 Å². The molecule has 0 saturated carbocycles. The molecule has 1 fully saturated rings. The Morgan fingerprint density at radius 1 is 0.972 bits per heavy atom. The highest BCUT2D eigenvalue weighted by atomic mass is 16.5. The molecule has 8 heteroatoms. The quantitative estimate of drug-likeness (QED) is 0.231. The van der Waals surface area contributed by atoms with E-state index in [2.05, 4.69) is 46.0 Å². The van der Waals surface area contributed by atoms with Gasteiger partial charge in [-0.05, 0) is 46.9 Å². The molecule has 190 valence electrons. The van der Waals surface area contributed by atoms with E-state index in [0.29, 0.717) is 25.2 Å². The molecule has 1 saturated heterocycles. The molecule has 0 aliphatic carbocycles. The van der Waals surface area contributed by atoms with Gasteiger partial charge < -0.3 is 15.0 Å². The number of hydrogen-bond donors (Lipinski definition) is 3. The molecular weight excluding hydrogens is 454 g/mol. The molecule has 4 N–H and O–H groups in total. The highest BCUT2D eigenvalue weighted by Gasteiger charge is 2.16. The van der Waals surface area contributed by atoms with Gasteiger partial charge in [-0.25, -0.2) is 10.6 Å². The standard InChI is InChI=1S/C28H35N5O3/c29-31-27(34)25-11-9-22(10-12-25)21-33(16-4-15-32-17-19-36-20-18-32)28(35)30-14-13-24-7-3-6-23-5-1-2-8-26(23)24/h1-3,5-12H,4,13-21,29H2,(H,30,35)(H,31,34). The molecule has 0 bridgehead atoms. The van der Waals surface area contributed by atoms with Gasteiger partial charge in [0.1, 0.15) is 0 Å². The number of morpholine rings is 1. The van der Waals surface area contributed by atoms with Gasteiger partial charge in [-0.15, -0.1) is 0 Å². The zero-order valence-electron chi connectivity index (χ0n) is 20.6. The van der Waals surface area contributed by atoms with Gasteiger partial charge >= 0.3 is 6.03 Å². The van der Waals surface area contributed by atoms with Gasteiger partial charge in [-0.3, -0.25) is 15.1 Å². The number of carbonyl (C=O) groups excluding carboxylic acids is 2. The van der Waals surface area contributed by atoms with E-state index in [1.165, 1.54) is 16.3 Å². The van der Waals surface area contributed by atoms with Crippen molar-refractivity contribution in [2.75, 3.05) is 45.9 Å². The molecule has 3 amide bonds. The lowest BCUT2D eigenvalue weighted by atomic mass is 10.0. The summed E-state index contributed by atoms with van der Waals surface area (Å²) < 4.78 is 5.43. The molecule has 0 radical (unpaired) electrons. The van der Waals surface area contributed by atoms with Crippen LogP contribution >= 0.6 is 0 Å². The molecule has 0 atom stereocenters. The van der Waals surface area contributed by atoms with Gasteiger partial charge in [0.05, 0.1) is 13.2 Å². The number of hydrogen-bond acceptors (Lipinski definition) is 5. The van der Waals surface area contributed by atoms with Crippen molar-refractivity contribution in [1.82, 2.24) is 20.5 Å². The van der Waals surface area contributed by atoms with Crippen molar-refractivity contribution < 1.29 is 14.3 Å². The molecule has 36 heavy (non-hydrogen) atoms. The maximum atomic E-state index is 13.2. The Morgan fingerprint density at radius 3 is 2.50 bits per heavy atom. The molecule has 0 spiro atoms. The summed E-state index contributed by atoms with van der Waals surface area (Å²) >= 11 is 0. The lowest BCUT2D eigenvalue weighted by Crippen LogP contribution is -2.42. The van der Waals surface area contributed by atoms with E-state index in [0.717, 1.165) is 51.3 Å². The average Bonchev–Trinajstić information content (AvgIpc) is 2.93. The number of nitrogens with zero attached hydrogens (tertiary/aromatic N) is 2. The maximum absolute atomic E-state index is 13.2. The number of fused-ring (bicyclic) bond motifs is 1. The van der Waals surface area contributed by atoms with Crippen molar-refractivity contribution in [3.05, 3.63) is 83.4 Å². The monoisotopic (exact) mass is 489 g/mol. The number of nitrogens with one attached hydrogen (secondary N) is 2. The third-order valence-corrected chi connectivity index (χ3v) is 6.56. The molecular formula is C28H35N5O3. The van der Waals surface area contributed by atoms with E-state index in [1.54, 1.807) is 12.1 Å². The van der Waals surface area contributed by atoms with E-state index in [1.807, 2.05) is 29.2 Å². The van der Waals surface area contributed by atoms with Crippen LogP contribution in [0.25, 0.3) is 10.8 Å². The number of amides is 3. The number of rotatable bonds is 10. The molecule has 8 nitrogen and oxygen atoms in total. The first-order chi connectivity index (χ1) is 17.6. The van der Waals surface area contributed by atoms with Gasteiger partial charge in [0.25, 0.3) is 5.91 Å². The van der Waals surface area contributed by atoms with Crippen LogP contribution in [-0.4, -0.2) is 67.7 Å². The summed E-state index contributed by atoms with van der Waals surface area (Å²) in [5.41, 5.74) is 4.81. The molecule has 0 aromatic heterocycles. The van der Waals surface area contributed by atoms with Gasteiger partial charge in [0.15, 0.2) is 0 Å². The number of nitrogen functional groups attached to an aromatic ring is 1. The van der Waals surface area contributed by atoms with Crippen molar-refractivity contribution in [1.29, 1.82) is 0 Å². The summed E-state index contributed by atoms with van der Waals surface area (Å²) in [7, 11) is 0. The Balaban J connectivity index is 1.36. The van der Waals surface area contributed by atoms with Crippen LogP contribution in [-0.2, 0) is 17.7 Å². The van der Waals surface area contributed by atoms with Crippen LogP contribution in [0.3, 0.4) is 0 Å². The summed E-state index contributed by atoms with van der Waals surface area (Å²) in [4.78, 5) is 29.2. The lowest BCUT2D eigenvalue weighted by molar-refractivity contribution is 0.0364. The number of urea groups is 1. The summed E-state index contributed by atoms with van der Waals surface area (Å²) in [6.07, 6.45) is 1.64. The largest absolute Gasteiger partial charge is 0.379 e. The molecule has 3 aromatic rings. The third kappa shape index (κ3) is 7.04.